The molecule has 0 saturated heterocycles. The van der Waals surface area contributed by atoms with E-state index in [0.29, 0.717) is 27.0 Å². The average molecular weight is 340 g/mol. The topological polar surface area (TPSA) is 55.5 Å². The molecule has 1 atom stereocenters. The maximum atomic E-state index is 13.3. The SMILES string of the molecule is COc1cccc(C(O)Cc2cc(F)cc(Br)c2)c1N. The fourth-order valence-corrected chi connectivity index (χ4v) is 2.60. The minimum Gasteiger partial charge on any atom is -0.495 e. The summed E-state index contributed by atoms with van der Waals surface area (Å²) in [7, 11) is 1.52. The van der Waals surface area contributed by atoms with Crippen LogP contribution in [0.25, 0.3) is 0 Å². The van der Waals surface area contributed by atoms with Gasteiger partial charge in [-0.25, -0.2) is 4.39 Å². The van der Waals surface area contributed by atoms with Crippen LogP contribution in [0.1, 0.15) is 17.2 Å². The Morgan fingerprint density at radius 2 is 2.10 bits per heavy atom. The Morgan fingerprint density at radius 1 is 1.35 bits per heavy atom. The molecule has 0 heterocycles. The first-order chi connectivity index (χ1) is 9.51. The maximum Gasteiger partial charge on any atom is 0.142 e. The third-order valence-electron chi connectivity index (χ3n) is 3.03. The number of aliphatic hydroxyl groups excluding tert-OH is 1. The summed E-state index contributed by atoms with van der Waals surface area (Å²) in [5.74, 6) is 0.169. The summed E-state index contributed by atoms with van der Waals surface area (Å²) in [6.07, 6.45) is -0.549. The van der Waals surface area contributed by atoms with E-state index in [1.54, 1.807) is 24.3 Å². The molecule has 3 nitrogen and oxygen atoms in total. The van der Waals surface area contributed by atoms with Crippen LogP contribution in [0.3, 0.4) is 0 Å². The Kier molecular flexibility index (Phi) is 4.62. The van der Waals surface area contributed by atoms with Crippen LogP contribution in [0, 0.1) is 5.82 Å². The van der Waals surface area contributed by atoms with Gasteiger partial charge < -0.3 is 15.6 Å². The third kappa shape index (κ3) is 3.29. The van der Waals surface area contributed by atoms with Gasteiger partial charge in [0.25, 0.3) is 0 Å². The number of rotatable bonds is 4. The molecule has 0 saturated carbocycles. The van der Waals surface area contributed by atoms with Crippen molar-refractivity contribution in [1.82, 2.24) is 0 Å². The zero-order chi connectivity index (χ0) is 14.7. The molecule has 0 radical (unpaired) electrons. The fraction of sp³-hybridized carbons (Fsp3) is 0.200. The lowest BCUT2D eigenvalue weighted by atomic mass is 9.99. The summed E-state index contributed by atoms with van der Waals surface area (Å²) in [5, 5.41) is 10.3. The number of nitrogen functional groups attached to an aromatic ring is 1. The highest BCUT2D eigenvalue weighted by molar-refractivity contribution is 9.10. The average Bonchev–Trinajstić information content (AvgIpc) is 2.37. The number of aliphatic hydroxyl groups is 1. The Hall–Kier alpha value is -1.59. The predicted octanol–water partition coefficient (Wildman–Crippen LogP) is 3.46. The Bertz CT molecular complexity index is 599. The van der Waals surface area contributed by atoms with Crippen LogP contribution in [0.5, 0.6) is 5.75 Å². The van der Waals surface area contributed by atoms with Crippen LogP contribution in [-0.4, -0.2) is 12.2 Å². The van der Waals surface area contributed by atoms with Gasteiger partial charge in [-0.1, -0.05) is 28.1 Å². The van der Waals surface area contributed by atoms with Gasteiger partial charge in [0.1, 0.15) is 11.6 Å². The van der Waals surface area contributed by atoms with Gasteiger partial charge in [-0.15, -0.1) is 0 Å². The van der Waals surface area contributed by atoms with E-state index in [2.05, 4.69) is 15.9 Å². The van der Waals surface area contributed by atoms with Gasteiger partial charge in [-0.3, -0.25) is 0 Å². The Labute approximate surface area is 125 Å². The van der Waals surface area contributed by atoms with Crippen molar-refractivity contribution in [2.24, 2.45) is 0 Å². The molecular weight excluding hydrogens is 325 g/mol. The Morgan fingerprint density at radius 3 is 2.75 bits per heavy atom. The van der Waals surface area contributed by atoms with Crippen LogP contribution in [-0.2, 0) is 6.42 Å². The molecule has 2 rings (SSSR count). The summed E-state index contributed by atoms with van der Waals surface area (Å²) in [4.78, 5) is 0. The molecule has 2 aromatic carbocycles. The van der Waals surface area contributed by atoms with Crippen LogP contribution in [0.2, 0.25) is 0 Å². The standard InChI is InChI=1S/C15H15BrFNO2/c1-20-14-4-2-3-12(15(14)18)13(19)7-9-5-10(16)8-11(17)6-9/h2-6,8,13,19H,7,18H2,1H3. The lowest BCUT2D eigenvalue weighted by molar-refractivity contribution is 0.179. The minimum atomic E-state index is -0.821. The van der Waals surface area contributed by atoms with E-state index in [1.165, 1.54) is 19.2 Å². The van der Waals surface area contributed by atoms with Gasteiger partial charge in [-0.05, 0) is 29.8 Å². The monoisotopic (exact) mass is 339 g/mol. The van der Waals surface area contributed by atoms with Crippen LogP contribution in [0.15, 0.2) is 40.9 Å². The molecule has 0 aliphatic heterocycles. The van der Waals surface area contributed by atoms with E-state index in [9.17, 15) is 9.50 Å². The number of hydrogen-bond acceptors (Lipinski definition) is 3. The molecule has 0 aromatic heterocycles. The van der Waals surface area contributed by atoms with Crippen molar-refractivity contribution >= 4 is 21.6 Å². The number of methoxy groups -OCH3 is 1. The van der Waals surface area contributed by atoms with Crippen molar-refractivity contribution in [3.63, 3.8) is 0 Å². The molecule has 0 fully saturated rings. The molecule has 0 bridgehead atoms. The predicted molar refractivity (Wildman–Crippen MR) is 80.2 cm³/mol. The smallest absolute Gasteiger partial charge is 0.142 e. The molecule has 1 unspecified atom stereocenters. The van der Waals surface area contributed by atoms with E-state index in [1.807, 2.05) is 0 Å². The number of para-hydroxylation sites is 1. The van der Waals surface area contributed by atoms with Gasteiger partial charge in [0.2, 0.25) is 0 Å². The summed E-state index contributed by atoms with van der Waals surface area (Å²) < 4.78 is 19.1. The second kappa shape index (κ2) is 6.24. The van der Waals surface area contributed by atoms with Crippen LogP contribution in [0.4, 0.5) is 10.1 Å². The van der Waals surface area contributed by atoms with E-state index < -0.39 is 6.10 Å². The highest BCUT2D eigenvalue weighted by Gasteiger charge is 2.15. The lowest BCUT2D eigenvalue weighted by Crippen LogP contribution is -2.06. The van der Waals surface area contributed by atoms with Crippen LogP contribution >= 0.6 is 15.9 Å². The number of nitrogens with two attached hydrogens (primary N) is 1. The second-order valence-electron chi connectivity index (χ2n) is 4.46. The number of ether oxygens (including phenoxy) is 1. The van der Waals surface area contributed by atoms with Crippen LogP contribution < -0.4 is 10.5 Å². The van der Waals surface area contributed by atoms with Crippen molar-refractivity contribution in [3.8, 4) is 5.75 Å². The summed E-state index contributed by atoms with van der Waals surface area (Å²) >= 11 is 3.23. The van der Waals surface area contributed by atoms with Gasteiger partial charge in [0, 0.05) is 16.5 Å². The first kappa shape index (κ1) is 14.8. The number of benzene rings is 2. The van der Waals surface area contributed by atoms with E-state index >= 15 is 0 Å². The van der Waals surface area contributed by atoms with Crippen molar-refractivity contribution in [1.29, 1.82) is 0 Å². The minimum absolute atomic E-state index is 0.272. The van der Waals surface area contributed by atoms with Gasteiger partial charge in [0.05, 0.1) is 18.9 Å². The van der Waals surface area contributed by atoms with E-state index in [-0.39, 0.29) is 12.2 Å². The maximum absolute atomic E-state index is 13.3. The summed E-state index contributed by atoms with van der Waals surface area (Å²) in [6, 6.07) is 9.75. The zero-order valence-corrected chi connectivity index (χ0v) is 12.5. The van der Waals surface area contributed by atoms with Crippen molar-refractivity contribution in [2.75, 3.05) is 12.8 Å². The number of halogens is 2. The first-order valence-electron chi connectivity index (χ1n) is 6.06. The first-order valence-corrected chi connectivity index (χ1v) is 6.86. The van der Waals surface area contributed by atoms with Crippen molar-refractivity contribution in [3.05, 3.63) is 57.8 Å². The van der Waals surface area contributed by atoms with Crippen molar-refractivity contribution < 1.29 is 14.2 Å². The molecule has 3 N–H and O–H groups in total. The van der Waals surface area contributed by atoms with Gasteiger partial charge in [0.15, 0.2) is 0 Å². The molecule has 5 heteroatoms. The Balaban J connectivity index is 2.26. The molecule has 2 aromatic rings. The van der Waals surface area contributed by atoms with Gasteiger partial charge in [-0.2, -0.15) is 0 Å². The number of anilines is 1. The molecule has 0 spiro atoms. The third-order valence-corrected chi connectivity index (χ3v) is 3.49. The number of hydrogen-bond donors (Lipinski definition) is 2. The van der Waals surface area contributed by atoms with E-state index in [0.717, 1.165) is 0 Å². The van der Waals surface area contributed by atoms with Gasteiger partial charge >= 0.3 is 0 Å². The highest BCUT2D eigenvalue weighted by Crippen LogP contribution is 2.31. The molecule has 0 aliphatic rings. The largest absolute Gasteiger partial charge is 0.495 e. The second-order valence-corrected chi connectivity index (χ2v) is 5.38. The van der Waals surface area contributed by atoms with Crippen molar-refractivity contribution in [2.45, 2.75) is 12.5 Å². The summed E-state index contributed by atoms with van der Waals surface area (Å²) in [6.45, 7) is 0. The fourth-order valence-electron chi connectivity index (χ4n) is 2.09. The molecule has 0 aliphatic carbocycles. The van der Waals surface area contributed by atoms with E-state index in [4.69, 9.17) is 10.5 Å². The normalized spacial score (nSPS) is 12.2. The lowest BCUT2D eigenvalue weighted by Gasteiger charge is -2.16. The molecule has 106 valence electrons. The molecule has 20 heavy (non-hydrogen) atoms. The highest BCUT2D eigenvalue weighted by atomic mass is 79.9. The molecule has 0 amide bonds. The zero-order valence-electron chi connectivity index (χ0n) is 10.9. The quantitative estimate of drug-likeness (QED) is 0.838. The molecular formula is C15H15BrFNO2. The summed E-state index contributed by atoms with van der Waals surface area (Å²) in [5.41, 5.74) is 7.60.